The van der Waals surface area contributed by atoms with Crippen LogP contribution in [-0.4, -0.2) is 24.1 Å². The van der Waals surface area contributed by atoms with E-state index in [0.717, 1.165) is 0 Å². The highest BCUT2D eigenvalue weighted by Gasteiger charge is 2.30. The number of aromatic hydroxyl groups is 1. The summed E-state index contributed by atoms with van der Waals surface area (Å²) in [6.45, 7) is 1.04. The number of halogens is 1. The molecule has 2 rings (SSSR count). The number of phenolic OH excluding ortho intramolecular Hbond substituents is 1. The summed E-state index contributed by atoms with van der Waals surface area (Å²) in [7, 11) is 0. The predicted molar refractivity (Wildman–Crippen MR) is 62.6 cm³/mol. The van der Waals surface area contributed by atoms with Crippen molar-refractivity contribution in [3.05, 3.63) is 23.2 Å². The van der Waals surface area contributed by atoms with E-state index in [4.69, 9.17) is 17.3 Å². The van der Waals surface area contributed by atoms with E-state index >= 15 is 0 Å². The molecule has 16 heavy (non-hydrogen) atoms. The lowest BCUT2D eigenvalue weighted by Crippen LogP contribution is -2.25. The summed E-state index contributed by atoms with van der Waals surface area (Å²) < 4.78 is 0. The summed E-state index contributed by atoms with van der Waals surface area (Å²) in [4.78, 5) is 13.3. The van der Waals surface area contributed by atoms with Crippen LogP contribution in [0.1, 0.15) is 6.42 Å². The minimum Gasteiger partial charge on any atom is -0.506 e. The first-order chi connectivity index (χ1) is 7.61. The number of amides is 1. The van der Waals surface area contributed by atoms with Gasteiger partial charge in [0.25, 0.3) is 0 Å². The third-order valence-electron chi connectivity index (χ3n) is 2.77. The number of phenols is 1. The number of nitrogens with two attached hydrogens (primary N) is 1. The van der Waals surface area contributed by atoms with E-state index in [-0.39, 0.29) is 17.6 Å². The Hall–Kier alpha value is -1.26. The molecule has 0 spiro atoms. The van der Waals surface area contributed by atoms with Gasteiger partial charge in [-0.2, -0.15) is 0 Å². The van der Waals surface area contributed by atoms with Gasteiger partial charge >= 0.3 is 0 Å². The molecule has 1 amide bonds. The van der Waals surface area contributed by atoms with Crippen molar-refractivity contribution in [3.63, 3.8) is 0 Å². The first-order valence-corrected chi connectivity index (χ1v) is 5.48. The zero-order chi connectivity index (χ0) is 11.7. The first-order valence-electron chi connectivity index (χ1n) is 5.10. The lowest BCUT2D eigenvalue weighted by molar-refractivity contribution is -0.117. The molecule has 1 aliphatic rings. The van der Waals surface area contributed by atoms with Crippen LogP contribution in [0, 0.1) is 5.92 Å². The Morgan fingerprint density at radius 3 is 2.88 bits per heavy atom. The third-order valence-corrected chi connectivity index (χ3v) is 3.00. The molecule has 0 aliphatic carbocycles. The molecule has 3 N–H and O–H groups in total. The number of carbonyl (C=O) groups is 1. The fraction of sp³-hybridized carbons (Fsp3) is 0.364. The number of anilines is 1. The number of hydrogen-bond donors (Lipinski definition) is 2. The monoisotopic (exact) mass is 240 g/mol. The summed E-state index contributed by atoms with van der Waals surface area (Å²) in [5, 5.41) is 10.2. The largest absolute Gasteiger partial charge is 0.506 e. The van der Waals surface area contributed by atoms with Crippen molar-refractivity contribution in [2.75, 3.05) is 18.0 Å². The molecule has 1 aromatic rings. The Labute approximate surface area is 98.6 Å². The molecule has 1 unspecified atom stereocenters. The highest BCUT2D eigenvalue weighted by atomic mass is 35.5. The van der Waals surface area contributed by atoms with E-state index in [1.165, 1.54) is 6.07 Å². The molecule has 0 radical (unpaired) electrons. The second-order valence-electron chi connectivity index (χ2n) is 3.94. The quantitative estimate of drug-likeness (QED) is 0.820. The Balaban J connectivity index is 2.28. The topological polar surface area (TPSA) is 66.6 Å². The maximum Gasteiger partial charge on any atom is 0.227 e. The molecule has 0 saturated carbocycles. The summed E-state index contributed by atoms with van der Waals surface area (Å²) in [5.41, 5.74) is 6.04. The molecule has 5 heteroatoms. The van der Waals surface area contributed by atoms with Gasteiger partial charge < -0.3 is 15.7 Å². The maximum atomic E-state index is 11.7. The van der Waals surface area contributed by atoms with Crippen LogP contribution in [0.2, 0.25) is 5.02 Å². The number of rotatable bonds is 2. The fourth-order valence-corrected chi connectivity index (χ4v) is 2.06. The molecule has 86 valence electrons. The summed E-state index contributed by atoms with van der Waals surface area (Å²) in [6.07, 6.45) is 0.443. The van der Waals surface area contributed by atoms with Crippen LogP contribution in [-0.2, 0) is 4.79 Å². The van der Waals surface area contributed by atoms with E-state index in [9.17, 15) is 9.90 Å². The van der Waals surface area contributed by atoms with Gasteiger partial charge in [0.1, 0.15) is 5.75 Å². The number of carbonyl (C=O) groups excluding carboxylic acids is 1. The smallest absolute Gasteiger partial charge is 0.227 e. The van der Waals surface area contributed by atoms with Crippen molar-refractivity contribution < 1.29 is 9.90 Å². The third kappa shape index (κ3) is 1.99. The van der Waals surface area contributed by atoms with Crippen molar-refractivity contribution in [1.29, 1.82) is 0 Å². The Morgan fingerprint density at radius 1 is 1.56 bits per heavy atom. The van der Waals surface area contributed by atoms with E-state index in [0.29, 0.717) is 30.2 Å². The molecule has 1 atom stereocenters. The lowest BCUT2D eigenvalue weighted by Gasteiger charge is -2.17. The van der Waals surface area contributed by atoms with E-state index in [2.05, 4.69) is 0 Å². The van der Waals surface area contributed by atoms with E-state index in [1.807, 2.05) is 0 Å². The number of nitrogens with zero attached hydrogens (tertiary/aromatic N) is 1. The molecule has 4 nitrogen and oxygen atoms in total. The second-order valence-corrected chi connectivity index (χ2v) is 4.38. The number of hydrogen-bond acceptors (Lipinski definition) is 3. The SMILES string of the molecule is NCC1CC(=O)N(c2ccc(Cl)cc2O)C1. The minimum atomic E-state index is -0.00641. The van der Waals surface area contributed by atoms with Crippen LogP contribution in [0.5, 0.6) is 5.75 Å². The van der Waals surface area contributed by atoms with Gasteiger partial charge in [0.2, 0.25) is 5.91 Å². The van der Waals surface area contributed by atoms with Crippen LogP contribution >= 0.6 is 11.6 Å². The van der Waals surface area contributed by atoms with Crippen LogP contribution in [0.25, 0.3) is 0 Å². The first kappa shape index (κ1) is 11.2. The average molecular weight is 241 g/mol. The van der Waals surface area contributed by atoms with Crippen LogP contribution in [0.4, 0.5) is 5.69 Å². The van der Waals surface area contributed by atoms with Crippen molar-refractivity contribution in [2.24, 2.45) is 11.7 Å². The van der Waals surface area contributed by atoms with Crippen molar-refractivity contribution in [2.45, 2.75) is 6.42 Å². The van der Waals surface area contributed by atoms with Crippen molar-refractivity contribution >= 4 is 23.2 Å². The molecule has 1 aromatic carbocycles. The van der Waals surface area contributed by atoms with Gasteiger partial charge in [0.15, 0.2) is 0 Å². The van der Waals surface area contributed by atoms with Gasteiger partial charge in [-0.3, -0.25) is 4.79 Å². The van der Waals surface area contributed by atoms with Gasteiger partial charge in [0, 0.05) is 24.1 Å². The lowest BCUT2D eigenvalue weighted by atomic mass is 10.1. The standard InChI is InChI=1S/C11H13ClN2O2/c12-8-1-2-9(10(15)4-8)14-6-7(5-13)3-11(14)16/h1-2,4,7,15H,3,5-6,13H2. The molecule has 0 aromatic heterocycles. The number of benzene rings is 1. The second kappa shape index (κ2) is 4.31. The Bertz CT molecular complexity index is 422. The van der Waals surface area contributed by atoms with E-state index in [1.54, 1.807) is 17.0 Å². The van der Waals surface area contributed by atoms with Gasteiger partial charge in [-0.1, -0.05) is 11.6 Å². The van der Waals surface area contributed by atoms with Gasteiger partial charge in [-0.15, -0.1) is 0 Å². The summed E-state index contributed by atoms with van der Waals surface area (Å²) in [5.74, 6) is 0.189. The molecular formula is C11H13ClN2O2. The summed E-state index contributed by atoms with van der Waals surface area (Å²) >= 11 is 5.73. The van der Waals surface area contributed by atoms with Crippen LogP contribution in [0.3, 0.4) is 0 Å². The predicted octanol–water partition coefficient (Wildman–Crippen LogP) is 1.36. The molecule has 1 heterocycles. The Morgan fingerprint density at radius 2 is 2.31 bits per heavy atom. The maximum absolute atomic E-state index is 11.7. The van der Waals surface area contributed by atoms with Crippen molar-refractivity contribution in [1.82, 2.24) is 0 Å². The average Bonchev–Trinajstić information content (AvgIpc) is 2.60. The molecule has 1 saturated heterocycles. The molecule has 1 fully saturated rings. The van der Waals surface area contributed by atoms with Gasteiger partial charge in [-0.05, 0) is 24.6 Å². The van der Waals surface area contributed by atoms with E-state index < -0.39 is 0 Å². The summed E-state index contributed by atoms with van der Waals surface area (Å²) in [6, 6.07) is 4.73. The Kier molecular flexibility index (Phi) is 3.03. The minimum absolute atomic E-state index is 0.00641. The molecular weight excluding hydrogens is 228 g/mol. The highest BCUT2D eigenvalue weighted by molar-refractivity contribution is 6.30. The van der Waals surface area contributed by atoms with Crippen LogP contribution in [0.15, 0.2) is 18.2 Å². The molecule has 0 bridgehead atoms. The van der Waals surface area contributed by atoms with Gasteiger partial charge in [0.05, 0.1) is 5.69 Å². The molecule has 1 aliphatic heterocycles. The highest BCUT2D eigenvalue weighted by Crippen LogP contribution is 2.33. The van der Waals surface area contributed by atoms with Crippen molar-refractivity contribution in [3.8, 4) is 5.75 Å². The fourth-order valence-electron chi connectivity index (χ4n) is 1.90. The van der Waals surface area contributed by atoms with Crippen LogP contribution < -0.4 is 10.6 Å². The zero-order valence-corrected chi connectivity index (χ0v) is 9.44. The normalized spacial score (nSPS) is 20.5. The zero-order valence-electron chi connectivity index (χ0n) is 8.69. The van der Waals surface area contributed by atoms with Gasteiger partial charge in [-0.25, -0.2) is 0 Å².